The normalized spacial score (nSPS) is 17.4. The van der Waals surface area contributed by atoms with E-state index >= 15 is 0 Å². The number of hydrogen-bond donors (Lipinski definition) is 1. The van der Waals surface area contributed by atoms with Gasteiger partial charge >= 0.3 is 0 Å². The summed E-state index contributed by atoms with van der Waals surface area (Å²) in [5.74, 6) is 0. The van der Waals surface area contributed by atoms with Crippen LogP contribution in [0.25, 0.3) is 0 Å². The Balaban J connectivity index is 2.40. The summed E-state index contributed by atoms with van der Waals surface area (Å²) in [5, 5.41) is 4.55. The van der Waals surface area contributed by atoms with Crippen molar-refractivity contribution in [1.82, 2.24) is 9.78 Å². The summed E-state index contributed by atoms with van der Waals surface area (Å²) in [6.07, 6.45) is 2.55. The van der Waals surface area contributed by atoms with E-state index in [1.54, 1.807) is 0 Å². The van der Waals surface area contributed by atoms with Crippen LogP contribution in [0.3, 0.4) is 0 Å². The first kappa shape index (κ1) is 9.71. The molecule has 0 saturated heterocycles. The van der Waals surface area contributed by atoms with Crippen LogP contribution in [0.1, 0.15) is 51.0 Å². The lowest BCUT2D eigenvalue weighted by molar-refractivity contribution is 0.490. The Bertz CT molecular complexity index is 329. The standard InChI is InChI=1S/C11H19N3/c1-11(2,3)10-6-8(7-12)13-14(10)9-4-5-9/h6,9H,4-5,7,12H2,1-3H3. The molecule has 3 heteroatoms. The van der Waals surface area contributed by atoms with Crippen LogP contribution in [0.15, 0.2) is 6.07 Å². The van der Waals surface area contributed by atoms with Crippen molar-refractivity contribution >= 4 is 0 Å². The van der Waals surface area contributed by atoms with Gasteiger partial charge in [-0.15, -0.1) is 0 Å². The number of nitrogens with zero attached hydrogens (tertiary/aromatic N) is 2. The molecule has 1 aliphatic carbocycles. The average Bonchev–Trinajstić information content (AvgIpc) is 2.83. The molecule has 2 N–H and O–H groups in total. The highest BCUT2D eigenvalue weighted by atomic mass is 15.3. The molecule has 1 saturated carbocycles. The van der Waals surface area contributed by atoms with Gasteiger partial charge in [0, 0.05) is 17.7 Å². The fourth-order valence-electron chi connectivity index (χ4n) is 1.70. The van der Waals surface area contributed by atoms with Gasteiger partial charge in [0.15, 0.2) is 0 Å². The van der Waals surface area contributed by atoms with E-state index in [-0.39, 0.29) is 5.41 Å². The van der Waals surface area contributed by atoms with E-state index in [1.165, 1.54) is 18.5 Å². The second-order valence-corrected chi connectivity index (χ2v) is 5.15. The lowest BCUT2D eigenvalue weighted by atomic mass is 9.92. The van der Waals surface area contributed by atoms with Gasteiger partial charge in [-0.25, -0.2) is 0 Å². The number of nitrogens with two attached hydrogens (primary N) is 1. The van der Waals surface area contributed by atoms with Gasteiger partial charge in [0.25, 0.3) is 0 Å². The molecule has 0 aliphatic heterocycles. The minimum Gasteiger partial charge on any atom is -0.325 e. The molecule has 1 fully saturated rings. The SMILES string of the molecule is CC(C)(C)c1cc(CN)nn1C1CC1. The summed E-state index contributed by atoms with van der Waals surface area (Å²) in [6, 6.07) is 2.79. The van der Waals surface area contributed by atoms with Crippen LogP contribution in [0.4, 0.5) is 0 Å². The number of hydrogen-bond acceptors (Lipinski definition) is 2. The molecule has 0 aromatic carbocycles. The minimum atomic E-state index is 0.170. The maximum atomic E-state index is 5.62. The van der Waals surface area contributed by atoms with Crippen LogP contribution in [-0.4, -0.2) is 9.78 Å². The molecule has 0 amide bonds. The van der Waals surface area contributed by atoms with Gasteiger partial charge in [-0.2, -0.15) is 5.10 Å². The Morgan fingerprint density at radius 3 is 2.57 bits per heavy atom. The predicted molar refractivity (Wildman–Crippen MR) is 57.1 cm³/mol. The van der Waals surface area contributed by atoms with Crippen LogP contribution in [-0.2, 0) is 12.0 Å². The van der Waals surface area contributed by atoms with Crippen LogP contribution in [0.5, 0.6) is 0 Å². The van der Waals surface area contributed by atoms with Gasteiger partial charge in [0.1, 0.15) is 0 Å². The van der Waals surface area contributed by atoms with Crippen molar-refractivity contribution in [1.29, 1.82) is 0 Å². The minimum absolute atomic E-state index is 0.170. The maximum Gasteiger partial charge on any atom is 0.0763 e. The fraction of sp³-hybridized carbons (Fsp3) is 0.727. The predicted octanol–water partition coefficient (Wildman–Crippen LogP) is 1.97. The van der Waals surface area contributed by atoms with E-state index in [2.05, 4.69) is 36.6 Å². The zero-order chi connectivity index (χ0) is 10.3. The van der Waals surface area contributed by atoms with Crippen molar-refractivity contribution in [2.24, 2.45) is 5.73 Å². The van der Waals surface area contributed by atoms with Crippen LogP contribution in [0, 0.1) is 0 Å². The van der Waals surface area contributed by atoms with E-state index in [0.29, 0.717) is 12.6 Å². The third-order valence-electron chi connectivity index (χ3n) is 2.66. The Hall–Kier alpha value is -0.830. The maximum absolute atomic E-state index is 5.62. The zero-order valence-electron chi connectivity index (χ0n) is 9.25. The molecule has 78 valence electrons. The van der Waals surface area contributed by atoms with Gasteiger partial charge < -0.3 is 5.73 Å². The van der Waals surface area contributed by atoms with Crippen molar-refractivity contribution in [3.05, 3.63) is 17.5 Å². The van der Waals surface area contributed by atoms with Crippen LogP contribution < -0.4 is 5.73 Å². The summed E-state index contributed by atoms with van der Waals surface area (Å²) >= 11 is 0. The molecule has 0 atom stereocenters. The van der Waals surface area contributed by atoms with Gasteiger partial charge in [0.05, 0.1) is 11.7 Å². The van der Waals surface area contributed by atoms with Crippen molar-refractivity contribution in [2.45, 2.75) is 51.6 Å². The molecule has 14 heavy (non-hydrogen) atoms. The smallest absolute Gasteiger partial charge is 0.0763 e. The Labute approximate surface area is 85.3 Å². The first-order valence-electron chi connectivity index (χ1n) is 5.31. The van der Waals surface area contributed by atoms with Gasteiger partial charge in [-0.1, -0.05) is 20.8 Å². The largest absolute Gasteiger partial charge is 0.325 e. The van der Waals surface area contributed by atoms with E-state index in [9.17, 15) is 0 Å². The second-order valence-electron chi connectivity index (χ2n) is 5.15. The summed E-state index contributed by atoms with van der Waals surface area (Å²) in [4.78, 5) is 0. The first-order valence-corrected chi connectivity index (χ1v) is 5.31. The lowest BCUT2D eigenvalue weighted by Gasteiger charge is -2.19. The van der Waals surface area contributed by atoms with E-state index in [4.69, 9.17) is 5.73 Å². The molecule has 0 spiro atoms. The monoisotopic (exact) mass is 193 g/mol. The molecule has 1 aliphatic rings. The van der Waals surface area contributed by atoms with Crippen LogP contribution >= 0.6 is 0 Å². The van der Waals surface area contributed by atoms with Crippen molar-refractivity contribution in [3.8, 4) is 0 Å². The lowest BCUT2D eigenvalue weighted by Crippen LogP contribution is -2.17. The molecule has 1 heterocycles. The summed E-state index contributed by atoms with van der Waals surface area (Å²) in [7, 11) is 0. The molecular formula is C11H19N3. The Morgan fingerprint density at radius 1 is 1.50 bits per heavy atom. The molecule has 0 radical (unpaired) electrons. The first-order chi connectivity index (χ1) is 6.52. The average molecular weight is 193 g/mol. The van der Waals surface area contributed by atoms with Crippen molar-refractivity contribution in [3.63, 3.8) is 0 Å². The van der Waals surface area contributed by atoms with E-state index in [1.807, 2.05) is 0 Å². The van der Waals surface area contributed by atoms with Crippen molar-refractivity contribution < 1.29 is 0 Å². The summed E-state index contributed by atoms with van der Waals surface area (Å²) < 4.78 is 2.18. The van der Waals surface area contributed by atoms with Gasteiger partial charge in [-0.3, -0.25) is 4.68 Å². The molecule has 0 bridgehead atoms. The van der Waals surface area contributed by atoms with E-state index < -0.39 is 0 Å². The van der Waals surface area contributed by atoms with E-state index in [0.717, 1.165) is 5.69 Å². The van der Waals surface area contributed by atoms with Gasteiger partial charge in [0.2, 0.25) is 0 Å². The quantitative estimate of drug-likeness (QED) is 0.780. The highest BCUT2D eigenvalue weighted by Gasteiger charge is 2.30. The zero-order valence-corrected chi connectivity index (χ0v) is 9.25. The molecule has 0 unspecified atom stereocenters. The third kappa shape index (κ3) is 1.69. The topological polar surface area (TPSA) is 43.8 Å². The molecule has 2 rings (SSSR count). The molecule has 3 nitrogen and oxygen atoms in total. The second kappa shape index (κ2) is 3.09. The molecule has 1 aromatic heterocycles. The third-order valence-corrected chi connectivity index (χ3v) is 2.66. The fourth-order valence-corrected chi connectivity index (χ4v) is 1.70. The molecular weight excluding hydrogens is 174 g/mol. The van der Waals surface area contributed by atoms with Gasteiger partial charge in [-0.05, 0) is 18.9 Å². The Morgan fingerprint density at radius 2 is 2.14 bits per heavy atom. The van der Waals surface area contributed by atoms with Crippen molar-refractivity contribution in [2.75, 3.05) is 0 Å². The van der Waals surface area contributed by atoms with Crippen LogP contribution in [0.2, 0.25) is 0 Å². The number of rotatable bonds is 2. The molecule has 1 aromatic rings. The highest BCUT2D eigenvalue weighted by molar-refractivity contribution is 5.19. The number of aromatic nitrogens is 2. The Kier molecular flexibility index (Phi) is 2.14. The summed E-state index contributed by atoms with van der Waals surface area (Å²) in [5.41, 5.74) is 8.13. The summed E-state index contributed by atoms with van der Waals surface area (Å²) in [6.45, 7) is 7.22. The highest BCUT2D eigenvalue weighted by Crippen LogP contribution is 2.38.